The average Bonchev–Trinajstić information content (AvgIpc) is 2.86. The van der Waals surface area contributed by atoms with Crippen molar-refractivity contribution in [2.45, 2.75) is 31.9 Å². The largest absolute Gasteiger partial charge is 0.394 e. The Hall–Kier alpha value is -1.93. The second-order valence-electron chi connectivity index (χ2n) is 5.16. The third-order valence-electron chi connectivity index (χ3n) is 3.58. The molecule has 0 radical (unpaired) electrons. The van der Waals surface area contributed by atoms with Crippen LogP contribution in [-0.2, 0) is 20.6 Å². The Morgan fingerprint density at radius 1 is 1.29 bits per heavy atom. The third kappa shape index (κ3) is 2.91. The van der Waals surface area contributed by atoms with Gasteiger partial charge in [-0.05, 0) is 19.3 Å². The molecule has 0 aliphatic rings. The molecule has 2 aromatic heterocycles. The fourth-order valence-electron chi connectivity index (χ4n) is 2.33. The summed E-state index contributed by atoms with van der Waals surface area (Å²) in [7, 11) is 3.30. The number of aliphatic hydroxyl groups is 2. The van der Waals surface area contributed by atoms with Gasteiger partial charge in [0.15, 0.2) is 11.2 Å². The number of imidazole rings is 1. The number of aromatic nitrogens is 4. The van der Waals surface area contributed by atoms with Crippen molar-refractivity contribution in [3.8, 4) is 0 Å². The summed E-state index contributed by atoms with van der Waals surface area (Å²) in [6, 6.07) is 0. The molecule has 8 nitrogen and oxygen atoms in total. The normalized spacial score (nSPS) is 13.0. The zero-order valence-corrected chi connectivity index (χ0v) is 12.2. The van der Waals surface area contributed by atoms with Crippen LogP contribution in [0.1, 0.15) is 19.3 Å². The molecular weight excluding hydrogens is 276 g/mol. The maximum Gasteiger partial charge on any atom is 0.332 e. The third-order valence-corrected chi connectivity index (χ3v) is 3.58. The van der Waals surface area contributed by atoms with E-state index in [2.05, 4.69) is 4.98 Å². The number of unbranched alkanes of at least 4 members (excludes halogenated alkanes) is 1. The van der Waals surface area contributed by atoms with E-state index in [1.807, 2.05) is 0 Å². The quantitative estimate of drug-likeness (QED) is 0.663. The molecule has 8 heteroatoms. The van der Waals surface area contributed by atoms with Crippen LogP contribution in [0.2, 0.25) is 0 Å². The van der Waals surface area contributed by atoms with Crippen LogP contribution in [-0.4, -0.2) is 41.6 Å². The van der Waals surface area contributed by atoms with Crippen molar-refractivity contribution in [3.63, 3.8) is 0 Å². The summed E-state index contributed by atoms with van der Waals surface area (Å²) < 4.78 is 4.15. The van der Waals surface area contributed by atoms with Gasteiger partial charge in [-0.3, -0.25) is 13.9 Å². The number of rotatable bonds is 6. The SMILES string of the molecule is Cn1cnc2c1c(=O)n(CCCC[C@H](O)CO)c(=O)n2C. The molecule has 0 saturated heterocycles. The fraction of sp³-hybridized carbons (Fsp3) is 0.615. The van der Waals surface area contributed by atoms with Gasteiger partial charge in [0.05, 0.1) is 19.0 Å². The highest BCUT2D eigenvalue weighted by atomic mass is 16.3. The smallest absolute Gasteiger partial charge is 0.332 e. The van der Waals surface area contributed by atoms with Crippen LogP contribution in [0.4, 0.5) is 0 Å². The Labute approximate surface area is 120 Å². The second-order valence-corrected chi connectivity index (χ2v) is 5.16. The highest BCUT2D eigenvalue weighted by Crippen LogP contribution is 2.05. The van der Waals surface area contributed by atoms with E-state index in [1.165, 1.54) is 15.5 Å². The summed E-state index contributed by atoms with van der Waals surface area (Å²) >= 11 is 0. The van der Waals surface area contributed by atoms with Gasteiger partial charge in [-0.15, -0.1) is 0 Å². The predicted molar refractivity (Wildman–Crippen MR) is 77.2 cm³/mol. The van der Waals surface area contributed by atoms with Crippen LogP contribution in [0.3, 0.4) is 0 Å². The first-order chi connectivity index (χ1) is 9.97. The Morgan fingerprint density at radius 3 is 2.67 bits per heavy atom. The minimum atomic E-state index is -0.746. The van der Waals surface area contributed by atoms with Gasteiger partial charge < -0.3 is 14.8 Å². The molecule has 0 aliphatic heterocycles. The summed E-state index contributed by atoms with van der Waals surface area (Å²) in [5, 5.41) is 18.0. The molecule has 0 saturated carbocycles. The van der Waals surface area contributed by atoms with E-state index in [1.54, 1.807) is 18.7 Å². The van der Waals surface area contributed by atoms with E-state index in [0.717, 1.165) is 0 Å². The summed E-state index contributed by atoms with van der Waals surface area (Å²) in [5.41, 5.74) is 0.0247. The Kier molecular flexibility index (Phi) is 4.59. The van der Waals surface area contributed by atoms with Gasteiger partial charge in [-0.25, -0.2) is 9.78 Å². The fourth-order valence-corrected chi connectivity index (χ4v) is 2.33. The van der Waals surface area contributed by atoms with E-state index in [-0.39, 0.29) is 18.7 Å². The molecule has 0 unspecified atom stereocenters. The minimum absolute atomic E-state index is 0.275. The van der Waals surface area contributed by atoms with Gasteiger partial charge in [0.1, 0.15) is 0 Å². The average molecular weight is 296 g/mol. The van der Waals surface area contributed by atoms with Crippen LogP contribution >= 0.6 is 0 Å². The van der Waals surface area contributed by atoms with Crippen molar-refractivity contribution in [3.05, 3.63) is 27.2 Å². The summed E-state index contributed by atoms with van der Waals surface area (Å²) in [6.07, 6.45) is 2.41. The molecule has 2 rings (SSSR count). The van der Waals surface area contributed by atoms with Gasteiger partial charge in [0.25, 0.3) is 5.56 Å². The van der Waals surface area contributed by atoms with Gasteiger partial charge in [-0.1, -0.05) is 0 Å². The number of hydrogen-bond donors (Lipinski definition) is 2. The van der Waals surface area contributed by atoms with Gasteiger partial charge in [0.2, 0.25) is 0 Å². The molecule has 0 amide bonds. The van der Waals surface area contributed by atoms with Crippen molar-refractivity contribution >= 4 is 11.2 Å². The van der Waals surface area contributed by atoms with E-state index < -0.39 is 11.8 Å². The molecule has 0 spiro atoms. The van der Waals surface area contributed by atoms with Crippen molar-refractivity contribution in [2.75, 3.05) is 6.61 Å². The predicted octanol–water partition coefficient (Wildman–Crippen LogP) is -1.04. The zero-order valence-electron chi connectivity index (χ0n) is 12.2. The molecule has 0 bridgehead atoms. The Balaban J connectivity index is 2.26. The molecular formula is C13H20N4O4. The zero-order chi connectivity index (χ0) is 15.6. The lowest BCUT2D eigenvalue weighted by atomic mass is 10.1. The monoisotopic (exact) mass is 296 g/mol. The number of fused-ring (bicyclic) bond motifs is 1. The number of aryl methyl sites for hydroxylation is 2. The standard InChI is InChI=1S/C13H20N4O4/c1-15-8-14-11-10(15)12(20)17(13(21)16(11)2)6-4-3-5-9(19)7-18/h8-9,18-19H,3-7H2,1-2H3/t9-/m0/s1. The summed E-state index contributed by atoms with van der Waals surface area (Å²) in [6.45, 7) is 0.00741. The highest BCUT2D eigenvalue weighted by Gasteiger charge is 2.14. The first-order valence-corrected chi connectivity index (χ1v) is 6.87. The minimum Gasteiger partial charge on any atom is -0.394 e. The molecule has 116 valence electrons. The van der Waals surface area contributed by atoms with Crippen molar-refractivity contribution < 1.29 is 10.2 Å². The molecule has 2 aromatic rings. The molecule has 21 heavy (non-hydrogen) atoms. The van der Waals surface area contributed by atoms with Crippen LogP contribution in [0, 0.1) is 0 Å². The first-order valence-electron chi connectivity index (χ1n) is 6.87. The summed E-state index contributed by atoms with van der Waals surface area (Å²) in [4.78, 5) is 28.6. The number of hydrogen-bond acceptors (Lipinski definition) is 5. The molecule has 2 heterocycles. The maximum absolute atomic E-state index is 12.4. The van der Waals surface area contributed by atoms with Crippen LogP contribution < -0.4 is 11.2 Å². The maximum atomic E-state index is 12.4. The molecule has 0 aromatic carbocycles. The topological polar surface area (TPSA) is 102 Å². The van der Waals surface area contributed by atoms with Gasteiger partial charge in [-0.2, -0.15) is 0 Å². The van der Waals surface area contributed by atoms with Gasteiger partial charge >= 0.3 is 5.69 Å². The molecule has 1 atom stereocenters. The Morgan fingerprint density at radius 2 is 2.00 bits per heavy atom. The first kappa shape index (κ1) is 15.5. The van der Waals surface area contributed by atoms with E-state index in [9.17, 15) is 14.7 Å². The lowest BCUT2D eigenvalue weighted by Gasteiger charge is -2.09. The lowest BCUT2D eigenvalue weighted by molar-refractivity contribution is 0.0858. The van der Waals surface area contributed by atoms with E-state index in [0.29, 0.717) is 30.4 Å². The van der Waals surface area contributed by atoms with Crippen LogP contribution in [0.15, 0.2) is 15.9 Å². The summed E-state index contributed by atoms with van der Waals surface area (Å²) in [5.74, 6) is 0. The van der Waals surface area contributed by atoms with E-state index in [4.69, 9.17) is 5.11 Å². The van der Waals surface area contributed by atoms with Gasteiger partial charge in [0, 0.05) is 20.6 Å². The lowest BCUT2D eigenvalue weighted by Crippen LogP contribution is -2.39. The highest BCUT2D eigenvalue weighted by molar-refractivity contribution is 5.69. The van der Waals surface area contributed by atoms with Crippen LogP contribution in [0.5, 0.6) is 0 Å². The molecule has 0 aliphatic carbocycles. The van der Waals surface area contributed by atoms with Crippen molar-refractivity contribution in [1.29, 1.82) is 0 Å². The van der Waals surface area contributed by atoms with Crippen LogP contribution in [0.25, 0.3) is 11.2 Å². The molecule has 0 fully saturated rings. The van der Waals surface area contributed by atoms with Crippen molar-refractivity contribution in [1.82, 2.24) is 18.7 Å². The van der Waals surface area contributed by atoms with Crippen molar-refractivity contribution in [2.24, 2.45) is 14.1 Å². The van der Waals surface area contributed by atoms with E-state index >= 15 is 0 Å². The number of aliphatic hydroxyl groups excluding tert-OH is 2. The number of nitrogens with zero attached hydrogens (tertiary/aromatic N) is 4. The second kappa shape index (κ2) is 6.23. The molecule has 2 N–H and O–H groups in total. The Bertz CT molecular complexity index is 743.